The fourth-order valence-electron chi connectivity index (χ4n) is 3.27. The number of fused-ring (bicyclic) bond motifs is 1. The molecule has 120 valence electrons. The van der Waals surface area contributed by atoms with Crippen molar-refractivity contribution in [1.29, 1.82) is 0 Å². The lowest BCUT2D eigenvalue weighted by Crippen LogP contribution is -2.40. The molecule has 1 fully saturated rings. The minimum absolute atomic E-state index is 0. The highest BCUT2D eigenvalue weighted by Crippen LogP contribution is 2.30. The highest BCUT2D eigenvalue weighted by molar-refractivity contribution is 5.99. The van der Waals surface area contributed by atoms with Crippen molar-refractivity contribution in [2.24, 2.45) is 0 Å². The first-order chi connectivity index (χ1) is 10.1. The number of para-hydroxylation sites is 1. The number of carbonyl (C=O) groups is 1. The maximum Gasteiger partial charge on any atom is 0.290 e. The Morgan fingerprint density at radius 2 is 2.18 bits per heavy atom. The van der Waals surface area contributed by atoms with Gasteiger partial charge in [0.15, 0.2) is 5.76 Å². The number of furan rings is 1. The maximum atomic E-state index is 12.8. The highest BCUT2D eigenvalue weighted by Gasteiger charge is 2.32. The first-order valence-corrected chi connectivity index (χ1v) is 7.57. The summed E-state index contributed by atoms with van der Waals surface area (Å²) in [5.74, 6) is 0.531. The van der Waals surface area contributed by atoms with Crippen LogP contribution in [0.3, 0.4) is 0 Å². The van der Waals surface area contributed by atoms with Crippen molar-refractivity contribution in [3.8, 4) is 0 Å². The topological polar surface area (TPSA) is 45.5 Å². The largest absolute Gasteiger partial charge is 0.450 e. The molecule has 1 aromatic heterocycles. The van der Waals surface area contributed by atoms with E-state index in [9.17, 15) is 4.79 Å². The number of hydrogen-bond donors (Lipinski definition) is 1. The van der Waals surface area contributed by atoms with Crippen molar-refractivity contribution in [3.05, 3.63) is 35.1 Å². The Labute approximate surface area is 137 Å². The molecule has 1 unspecified atom stereocenters. The summed E-state index contributed by atoms with van der Waals surface area (Å²) >= 11 is 0. The molecule has 1 atom stereocenters. The van der Waals surface area contributed by atoms with Gasteiger partial charge < -0.3 is 14.6 Å². The van der Waals surface area contributed by atoms with Gasteiger partial charge in [-0.15, -0.1) is 12.4 Å². The second-order valence-electron chi connectivity index (χ2n) is 5.86. The molecule has 1 aliphatic heterocycles. The quantitative estimate of drug-likeness (QED) is 0.943. The Balaban J connectivity index is 0.00000176. The van der Waals surface area contributed by atoms with Crippen molar-refractivity contribution >= 4 is 29.3 Å². The van der Waals surface area contributed by atoms with Crippen LogP contribution in [0.5, 0.6) is 0 Å². The van der Waals surface area contributed by atoms with Crippen molar-refractivity contribution in [3.63, 3.8) is 0 Å². The Morgan fingerprint density at radius 1 is 1.41 bits per heavy atom. The SMILES string of the molecule is CNCC1CCCN1C(=O)c1oc2c(C)cccc2c1C.Cl. The van der Waals surface area contributed by atoms with Crippen LogP contribution in [-0.2, 0) is 0 Å². The number of carbonyl (C=O) groups excluding carboxylic acids is 1. The third-order valence-electron chi connectivity index (χ3n) is 4.43. The van der Waals surface area contributed by atoms with E-state index in [0.717, 1.165) is 48.0 Å². The van der Waals surface area contributed by atoms with E-state index in [1.807, 2.05) is 44.0 Å². The van der Waals surface area contributed by atoms with Crippen LogP contribution in [0.1, 0.15) is 34.5 Å². The molecule has 4 nitrogen and oxygen atoms in total. The Hall–Kier alpha value is -1.52. The number of hydrogen-bond acceptors (Lipinski definition) is 3. The number of amides is 1. The van der Waals surface area contributed by atoms with Crippen molar-refractivity contribution in [2.45, 2.75) is 32.7 Å². The molecule has 1 amide bonds. The van der Waals surface area contributed by atoms with Crippen LogP contribution >= 0.6 is 12.4 Å². The van der Waals surface area contributed by atoms with Gasteiger partial charge in [-0.05, 0) is 39.3 Å². The van der Waals surface area contributed by atoms with Gasteiger partial charge in [0.2, 0.25) is 0 Å². The number of likely N-dealkylation sites (tertiary alicyclic amines) is 1. The minimum atomic E-state index is 0. The molecule has 2 aromatic rings. The zero-order chi connectivity index (χ0) is 15.0. The zero-order valence-electron chi connectivity index (χ0n) is 13.3. The smallest absolute Gasteiger partial charge is 0.290 e. The normalized spacial score (nSPS) is 17.8. The van der Waals surface area contributed by atoms with E-state index < -0.39 is 0 Å². The van der Waals surface area contributed by atoms with E-state index >= 15 is 0 Å². The summed E-state index contributed by atoms with van der Waals surface area (Å²) < 4.78 is 5.92. The first-order valence-electron chi connectivity index (χ1n) is 7.57. The number of nitrogens with zero attached hydrogens (tertiary/aromatic N) is 1. The summed E-state index contributed by atoms with van der Waals surface area (Å²) in [4.78, 5) is 14.8. The van der Waals surface area contributed by atoms with Gasteiger partial charge in [-0.1, -0.05) is 18.2 Å². The van der Waals surface area contributed by atoms with E-state index in [-0.39, 0.29) is 24.4 Å². The van der Waals surface area contributed by atoms with Gasteiger partial charge in [-0.25, -0.2) is 0 Å². The number of aryl methyl sites for hydroxylation is 2. The molecule has 0 radical (unpaired) electrons. The standard InChI is InChI=1S/C17H22N2O2.ClH/c1-11-6-4-8-14-12(2)16(21-15(11)14)17(20)19-9-5-7-13(19)10-18-3;/h4,6,8,13,18H,5,7,9-10H2,1-3H3;1H. The van der Waals surface area contributed by atoms with Crippen molar-refractivity contribution in [2.75, 3.05) is 20.1 Å². The van der Waals surface area contributed by atoms with Crippen LogP contribution in [-0.4, -0.2) is 37.0 Å². The van der Waals surface area contributed by atoms with Gasteiger partial charge in [-0.2, -0.15) is 0 Å². The molecule has 0 aliphatic carbocycles. The third-order valence-corrected chi connectivity index (χ3v) is 4.43. The molecular weight excluding hydrogens is 300 g/mol. The second-order valence-corrected chi connectivity index (χ2v) is 5.86. The lowest BCUT2D eigenvalue weighted by Gasteiger charge is -2.23. The van der Waals surface area contributed by atoms with E-state index in [2.05, 4.69) is 5.32 Å². The molecule has 2 heterocycles. The maximum absolute atomic E-state index is 12.8. The summed E-state index contributed by atoms with van der Waals surface area (Å²) in [5.41, 5.74) is 2.86. The molecular formula is C17H23ClN2O2. The average molecular weight is 323 g/mol. The zero-order valence-corrected chi connectivity index (χ0v) is 14.1. The van der Waals surface area contributed by atoms with Gasteiger partial charge in [0.25, 0.3) is 5.91 Å². The van der Waals surface area contributed by atoms with Gasteiger partial charge in [-0.3, -0.25) is 4.79 Å². The fraction of sp³-hybridized carbons (Fsp3) is 0.471. The number of benzene rings is 1. The summed E-state index contributed by atoms with van der Waals surface area (Å²) in [7, 11) is 1.93. The van der Waals surface area contributed by atoms with Gasteiger partial charge >= 0.3 is 0 Å². The monoisotopic (exact) mass is 322 g/mol. The fourth-order valence-corrected chi connectivity index (χ4v) is 3.27. The Morgan fingerprint density at radius 3 is 2.86 bits per heavy atom. The number of rotatable bonds is 3. The summed E-state index contributed by atoms with van der Waals surface area (Å²) in [5, 5.41) is 4.22. The van der Waals surface area contributed by atoms with Crippen LogP contribution in [0.25, 0.3) is 11.0 Å². The molecule has 1 aromatic carbocycles. The lowest BCUT2D eigenvalue weighted by atomic mass is 10.1. The highest BCUT2D eigenvalue weighted by atomic mass is 35.5. The Kier molecular flexibility index (Phi) is 5.14. The summed E-state index contributed by atoms with van der Waals surface area (Å²) in [6, 6.07) is 6.32. The predicted molar refractivity (Wildman–Crippen MR) is 90.9 cm³/mol. The van der Waals surface area contributed by atoms with Crippen LogP contribution in [0.15, 0.2) is 22.6 Å². The Bertz CT molecular complexity index is 681. The summed E-state index contributed by atoms with van der Waals surface area (Å²) in [6.45, 7) is 5.64. The molecule has 1 N–H and O–H groups in total. The average Bonchev–Trinajstić information content (AvgIpc) is 3.05. The molecule has 0 saturated carbocycles. The van der Waals surface area contributed by atoms with Gasteiger partial charge in [0.05, 0.1) is 0 Å². The molecule has 1 saturated heterocycles. The number of nitrogens with one attached hydrogen (secondary N) is 1. The first kappa shape index (κ1) is 16.8. The summed E-state index contributed by atoms with van der Waals surface area (Å²) in [6.07, 6.45) is 2.13. The van der Waals surface area contributed by atoms with Crippen LogP contribution in [0, 0.1) is 13.8 Å². The molecule has 3 rings (SSSR count). The van der Waals surface area contributed by atoms with E-state index in [1.54, 1.807) is 0 Å². The molecule has 0 bridgehead atoms. The molecule has 22 heavy (non-hydrogen) atoms. The van der Waals surface area contributed by atoms with E-state index in [4.69, 9.17) is 4.42 Å². The van der Waals surface area contributed by atoms with Crippen molar-refractivity contribution in [1.82, 2.24) is 10.2 Å². The lowest BCUT2D eigenvalue weighted by molar-refractivity contribution is 0.0706. The second kappa shape index (κ2) is 6.71. The number of likely N-dealkylation sites (N-methyl/N-ethyl adjacent to an activating group) is 1. The van der Waals surface area contributed by atoms with E-state index in [1.165, 1.54) is 0 Å². The predicted octanol–water partition coefficient (Wildman–Crippen LogP) is 3.30. The van der Waals surface area contributed by atoms with E-state index in [0.29, 0.717) is 5.76 Å². The third kappa shape index (κ3) is 2.73. The van der Waals surface area contributed by atoms with Gasteiger partial charge in [0.1, 0.15) is 5.58 Å². The van der Waals surface area contributed by atoms with Crippen LogP contribution in [0.4, 0.5) is 0 Å². The molecule has 1 aliphatic rings. The van der Waals surface area contributed by atoms with Crippen LogP contribution < -0.4 is 5.32 Å². The van der Waals surface area contributed by atoms with Gasteiger partial charge in [0, 0.05) is 30.1 Å². The molecule has 5 heteroatoms. The van der Waals surface area contributed by atoms with Crippen molar-refractivity contribution < 1.29 is 9.21 Å². The number of halogens is 1. The molecule has 0 spiro atoms. The van der Waals surface area contributed by atoms with Crippen LogP contribution in [0.2, 0.25) is 0 Å². The minimum Gasteiger partial charge on any atom is -0.450 e.